The zero-order chi connectivity index (χ0) is 20.7. The zero-order valence-corrected chi connectivity index (χ0v) is 19.8. The Bertz CT molecular complexity index is 1080. The molecule has 1 spiro atoms. The standard InChI is InChI=1S/C25H26NO4.HI/c1-26(2)13-12-25-17-9-10-19(27)23(25)30-22-20(11-8-16(21(22)25)14-18(17)26)29-24(28)15-6-4-3-5-7-15;/h3-11,17-19,23,27H,12-14H2,1-2H3;1H/q+1;/p-1/t17-,18+,19-,23-,25-;/m0./s1. The fourth-order valence-corrected chi connectivity index (χ4v) is 6.41. The number of aliphatic hydroxyl groups excluding tert-OH is 1. The summed E-state index contributed by atoms with van der Waals surface area (Å²) in [5.74, 6) is 1.02. The highest BCUT2D eigenvalue weighted by molar-refractivity contribution is 5.91. The van der Waals surface area contributed by atoms with Crippen molar-refractivity contribution in [2.45, 2.75) is 36.5 Å². The maximum atomic E-state index is 12.7. The van der Waals surface area contributed by atoms with Crippen LogP contribution in [-0.2, 0) is 11.8 Å². The van der Waals surface area contributed by atoms with Crippen molar-refractivity contribution < 1.29 is 47.8 Å². The van der Waals surface area contributed by atoms with Crippen LogP contribution < -0.4 is 33.5 Å². The number of halogens is 1. The molecule has 2 aromatic rings. The Morgan fingerprint density at radius 3 is 2.71 bits per heavy atom. The summed E-state index contributed by atoms with van der Waals surface area (Å²) in [6, 6.07) is 13.4. The minimum Gasteiger partial charge on any atom is -1.00 e. The van der Waals surface area contributed by atoms with Crippen molar-refractivity contribution in [1.29, 1.82) is 0 Å². The van der Waals surface area contributed by atoms with Crippen molar-refractivity contribution in [2.24, 2.45) is 5.92 Å². The minimum absolute atomic E-state index is 0. The number of nitrogens with zero attached hydrogens (tertiary/aromatic N) is 1. The topological polar surface area (TPSA) is 55.8 Å². The molecule has 1 saturated heterocycles. The number of carbonyl (C=O) groups is 1. The normalized spacial score (nSPS) is 33.0. The van der Waals surface area contributed by atoms with Crippen LogP contribution >= 0.6 is 0 Å². The SMILES string of the molecule is C[N+]1(C)CC[C@]23c4c5ccc(OC(=O)c6ccccc6)c4O[C@H]2[C@@H](O)C=C[C@H]3[C@H]1C5.[I-]. The maximum absolute atomic E-state index is 12.7. The molecule has 2 aliphatic carbocycles. The number of benzene rings is 2. The van der Waals surface area contributed by atoms with Crippen molar-refractivity contribution in [3.8, 4) is 11.5 Å². The van der Waals surface area contributed by atoms with Gasteiger partial charge in [-0.2, -0.15) is 0 Å². The van der Waals surface area contributed by atoms with Gasteiger partial charge in [-0.25, -0.2) is 4.79 Å². The maximum Gasteiger partial charge on any atom is 0.343 e. The highest BCUT2D eigenvalue weighted by Crippen LogP contribution is 2.63. The van der Waals surface area contributed by atoms with Gasteiger partial charge < -0.3 is 43.0 Å². The van der Waals surface area contributed by atoms with E-state index in [1.807, 2.05) is 30.3 Å². The van der Waals surface area contributed by atoms with Crippen molar-refractivity contribution in [3.63, 3.8) is 0 Å². The van der Waals surface area contributed by atoms with Gasteiger partial charge in [0.2, 0.25) is 0 Å². The van der Waals surface area contributed by atoms with Crippen LogP contribution in [0.15, 0.2) is 54.6 Å². The molecule has 2 aliphatic heterocycles. The first-order valence-electron chi connectivity index (χ1n) is 10.7. The molecule has 0 aromatic heterocycles. The second-order valence-corrected chi connectivity index (χ2v) is 9.69. The number of quaternary nitrogens is 1. The number of ether oxygens (including phenoxy) is 2. The first-order valence-corrected chi connectivity index (χ1v) is 10.7. The third kappa shape index (κ3) is 2.77. The number of likely N-dealkylation sites (N-methyl/N-ethyl adjacent to an activating group) is 1. The van der Waals surface area contributed by atoms with Crippen molar-refractivity contribution in [2.75, 3.05) is 20.6 Å². The number of esters is 1. The summed E-state index contributed by atoms with van der Waals surface area (Å²) in [7, 11) is 4.62. The summed E-state index contributed by atoms with van der Waals surface area (Å²) >= 11 is 0. The van der Waals surface area contributed by atoms with Gasteiger partial charge in [0.05, 0.1) is 31.6 Å². The molecule has 1 fully saturated rings. The molecule has 0 amide bonds. The average molecular weight is 531 g/mol. The molecular weight excluding hydrogens is 505 g/mol. The summed E-state index contributed by atoms with van der Waals surface area (Å²) in [4.78, 5) is 12.7. The summed E-state index contributed by atoms with van der Waals surface area (Å²) in [6.07, 6.45) is 5.04. The van der Waals surface area contributed by atoms with Gasteiger partial charge in [-0.3, -0.25) is 0 Å². The van der Waals surface area contributed by atoms with Crippen molar-refractivity contribution in [1.82, 2.24) is 0 Å². The molecule has 0 saturated carbocycles. The van der Waals surface area contributed by atoms with Crippen LogP contribution in [0, 0.1) is 5.92 Å². The first kappa shape index (κ1) is 21.0. The van der Waals surface area contributed by atoms with Crippen LogP contribution in [0.1, 0.15) is 27.9 Å². The van der Waals surface area contributed by atoms with Crippen LogP contribution in [0.3, 0.4) is 0 Å². The van der Waals surface area contributed by atoms with E-state index < -0.39 is 12.1 Å². The Balaban J connectivity index is 0.00000204. The summed E-state index contributed by atoms with van der Waals surface area (Å²) in [5, 5.41) is 10.8. The van der Waals surface area contributed by atoms with E-state index in [4.69, 9.17) is 9.47 Å². The van der Waals surface area contributed by atoms with Crippen LogP contribution in [0.4, 0.5) is 0 Å². The molecular formula is C25H26INO4. The lowest BCUT2D eigenvalue weighted by Crippen LogP contribution is -3.00. The predicted octanol–water partition coefficient (Wildman–Crippen LogP) is -0.140. The van der Waals surface area contributed by atoms with Crippen LogP contribution in [-0.4, -0.2) is 54.4 Å². The van der Waals surface area contributed by atoms with Gasteiger partial charge in [0, 0.05) is 24.3 Å². The number of piperidine rings is 1. The van der Waals surface area contributed by atoms with Gasteiger partial charge in [-0.1, -0.05) is 36.4 Å². The van der Waals surface area contributed by atoms with Gasteiger partial charge in [0.15, 0.2) is 11.5 Å². The van der Waals surface area contributed by atoms with E-state index >= 15 is 0 Å². The molecule has 6 rings (SSSR count). The lowest BCUT2D eigenvalue weighted by molar-refractivity contribution is -0.926. The summed E-state index contributed by atoms with van der Waals surface area (Å²) < 4.78 is 13.2. The molecule has 4 aliphatic rings. The van der Waals surface area contributed by atoms with Gasteiger partial charge in [-0.15, -0.1) is 0 Å². The van der Waals surface area contributed by atoms with Crippen molar-refractivity contribution >= 4 is 5.97 Å². The minimum atomic E-state index is -0.661. The molecule has 2 heterocycles. The predicted molar refractivity (Wildman–Crippen MR) is 112 cm³/mol. The second kappa shape index (κ2) is 7.05. The number of aliphatic hydroxyl groups is 1. The van der Waals surface area contributed by atoms with E-state index in [9.17, 15) is 9.90 Å². The van der Waals surface area contributed by atoms with Gasteiger partial charge in [-0.05, 0) is 23.8 Å². The monoisotopic (exact) mass is 531 g/mol. The highest BCUT2D eigenvalue weighted by Gasteiger charge is 2.67. The number of carbonyl (C=O) groups excluding carboxylic acids is 1. The van der Waals surface area contributed by atoms with Crippen LogP contribution in [0.2, 0.25) is 0 Å². The fourth-order valence-electron chi connectivity index (χ4n) is 6.41. The number of hydrogen-bond donors (Lipinski definition) is 1. The molecule has 2 aromatic carbocycles. The molecule has 0 unspecified atom stereocenters. The van der Waals surface area contributed by atoms with E-state index in [1.165, 1.54) is 5.56 Å². The van der Waals surface area contributed by atoms with Gasteiger partial charge >= 0.3 is 5.97 Å². The van der Waals surface area contributed by atoms with Crippen LogP contribution in [0.5, 0.6) is 11.5 Å². The second-order valence-electron chi connectivity index (χ2n) is 9.69. The third-order valence-corrected chi connectivity index (χ3v) is 7.90. The lowest BCUT2D eigenvalue weighted by atomic mass is 9.53. The van der Waals surface area contributed by atoms with E-state index in [-0.39, 0.29) is 35.5 Å². The number of likely N-dealkylation sites (tertiary alicyclic amines) is 1. The quantitative estimate of drug-likeness (QED) is 0.193. The van der Waals surface area contributed by atoms with E-state index in [0.717, 1.165) is 29.4 Å². The van der Waals surface area contributed by atoms with Gasteiger partial charge in [0.25, 0.3) is 0 Å². The number of hydrogen-bond acceptors (Lipinski definition) is 4. The Morgan fingerprint density at radius 1 is 1.16 bits per heavy atom. The zero-order valence-electron chi connectivity index (χ0n) is 17.6. The number of rotatable bonds is 2. The Kier molecular flexibility index (Phi) is 4.77. The van der Waals surface area contributed by atoms with Gasteiger partial charge in [0.1, 0.15) is 18.2 Å². The fraction of sp³-hybridized carbons (Fsp3) is 0.400. The molecule has 5 nitrogen and oxygen atoms in total. The average Bonchev–Trinajstić information content (AvgIpc) is 3.10. The Morgan fingerprint density at radius 2 is 1.94 bits per heavy atom. The molecule has 162 valence electrons. The molecule has 5 atom stereocenters. The third-order valence-electron chi connectivity index (χ3n) is 7.90. The summed E-state index contributed by atoms with van der Waals surface area (Å²) in [5.41, 5.74) is 2.69. The largest absolute Gasteiger partial charge is 1.00 e. The molecule has 2 bridgehead atoms. The van der Waals surface area contributed by atoms with E-state index in [0.29, 0.717) is 29.0 Å². The lowest BCUT2D eigenvalue weighted by Gasteiger charge is -2.58. The van der Waals surface area contributed by atoms with E-state index in [1.54, 1.807) is 12.1 Å². The van der Waals surface area contributed by atoms with E-state index in [2.05, 4.69) is 26.2 Å². The highest BCUT2D eigenvalue weighted by atomic mass is 127. The Labute approximate surface area is 199 Å². The molecule has 31 heavy (non-hydrogen) atoms. The molecule has 0 radical (unpaired) electrons. The smallest absolute Gasteiger partial charge is 0.343 e. The summed E-state index contributed by atoms with van der Waals surface area (Å²) in [6.45, 7) is 1.04. The Hall–Kier alpha value is -1.90. The molecule has 6 heteroatoms. The van der Waals surface area contributed by atoms with Crippen molar-refractivity contribution in [3.05, 3.63) is 71.3 Å². The first-order chi connectivity index (χ1) is 14.4. The molecule has 1 N–H and O–H groups in total. The van der Waals surface area contributed by atoms with Crippen LogP contribution in [0.25, 0.3) is 0 Å².